The first kappa shape index (κ1) is 11.3. The normalized spacial score (nSPS) is 20.8. The van der Waals surface area contributed by atoms with Crippen LogP contribution >= 0.6 is 0 Å². The number of nitrogens with one attached hydrogen (secondary N) is 1. The fourth-order valence-corrected chi connectivity index (χ4v) is 2.32. The SMILES string of the molecule is COc1ccc(C2CCCCN2)c(O)c1C. The number of hydrogen-bond donors (Lipinski definition) is 2. The van der Waals surface area contributed by atoms with Crippen LogP contribution in [0.3, 0.4) is 0 Å². The van der Waals surface area contributed by atoms with Crippen LogP contribution in [0, 0.1) is 6.92 Å². The zero-order valence-corrected chi connectivity index (χ0v) is 9.92. The number of phenols is 1. The molecule has 0 spiro atoms. The van der Waals surface area contributed by atoms with E-state index in [0.717, 1.165) is 29.8 Å². The third-order valence-corrected chi connectivity index (χ3v) is 3.32. The minimum Gasteiger partial charge on any atom is -0.507 e. The molecule has 0 aromatic heterocycles. The summed E-state index contributed by atoms with van der Waals surface area (Å²) in [6.45, 7) is 2.93. The maximum Gasteiger partial charge on any atom is 0.126 e. The molecule has 1 aromatic rings. The van der Waals surface area contributed by atoms with E-state index in [1.165, 1.54) is 12.8 Å². The third-order valence-electron chi connectivity index (χ3n) is 3.32. The highest BCUT2D eigenvalue weighted by molar-refractivity contribution is 5.49. The van der Waals surface area contributed by atoms with Gasteiger partial charge < -0.3 is 15.2 Å². The van der Waals surface area contributed by atoms with Crippen LogP contribution < -0.4 is 10.1 Å². The minimum absolute atomic E-state index is 0.290. The molecule has 1 aliphatic heterocycles. The molecule has 16 heavy (non-hydrogen) atoms. The van der Waals surface area contributed by atoms with Crippen LogP contribution in [0.1, 0.15) is 36.4 Å². The molecular weight excluding hydrogens is 202 g/mol. The van der Waals surface area contributed by atoms with Crippen molar-refractivity contribution in [2.24, 2.45) is 0 Å². The van der Waals surface area contributed by atoms with Gasteiger partial charge in [-0.1, -0.05) is 12.5 Å². The molecule has 1 aliphatic rings. The zero-order chi connectivity index (χ0) is 11.5. The predicted molar refractivity (Wildman–Crippen MR) is 64.0 cm³/mol. The van der Waals surface area contributed by atoms with E-state index in [2.05, 4.69) is 5.32 Å². The van der Waals surface area contributed by atoms with Crippen molar-refractivity contribution in [3.8, 4) is 11.5 Å². The van der Waals surface area contributed by atoms with E-state index in [4.69, 9.17) is 4.74 Å². The summed E-state index contributed by atoms with van der Waals surface area (Å²) in [7, 11) is 1.63. The Bertz CT molecular complexity index is 370. The van der Waals surface area contributed by atoms with Crippen molar-refractivity contribution in [2.45, 2.75) is 32.2 Å². The Labute approximate surface area is 96.4 Å². The molecule has 0 radical (unpaired) electrons. The molecule has 0 bridgehead atoms. The van der Waals surface area contributed by atoms with Gasteiger partial charge in [-0.15, -0.1) is 0 Å². The monoisotopic (exact) mass is 221 g/mol. The molecular formula is C13H19NO2. The number of ether oxygens (including phenoxy) is 1. The fraction of sp³-hybridized carbons (Fsp3) is 0.538. The van der Waals surface area contributed by atoms with E-state index < -0.39 is 0 Å². The lowest BCUT2D eigenvalue weighted by Gasteiger charge is -2.25. The highest BCUT2D eigenvalue weighted by atomic mass is 16.5. The van der Waals surface area contributed by atoms with Crippen LogP contribution in [-0.4, -0.2) is 18.8 Å². The third kappa shape index (κ3) is 2.00. The number of aromatic hydroxyl groups is 1. The van der Waals surface area contributed by atoms with Gasteiger partial charge in [-0.2, -0.15) is 0 Å². The lowest BCUT2D eigenvalue weighted by molar-refractivity contribution is 0.379. The molecule has 3 nitrogen and oxygen atoms in total. The molecule has 88 valence electrons. The highest BCUT2D eigenvalue weighted by Crippen LogP contribution is 2.36. The molecule has 1 heterocycles. The summed E-state index contributed by atoms with van der Waals surface area (Å²) < 4.78 is 5.19. The molecule has 0 amide bonds. The number of rotatable bonds is 2. The van der Waals surface area contributed by atoms with E-state index in [1.54, 1.807) is 7.11 Å². The Morgan fingerprint density at radius 2 is 2.19 bits per heavy atom. The molecule has 1 saturated heterocycles. The average molecular weight is 221 g/mol. The molecule has 1 aromatic carbocycles. The smallest absolute Gasteiger partial charge is 0.126 e. The summed E-state index contributed by atoms with van der Waals surface area (Å²) in [5.74, 6) is 1.12. The topological polar surface area (TPSA) is 41.5 Å². The first-order chi connectivity index (χ1) is 7.74. The van der Waals surface area contributed by atoms with Crippen molar-refractivity contribution in [3.63, 3.8) is 0 Å². The van der Waals surface area contributed by atoms with Gasteiger partial charge in [0.15, 0.2) is 0 Å². The predicted octanol–water partition coefficient (Wildman–Crippen LogP) is 2.52. The Hall–Kier alpha value is -1.22. The quantitative estimate of drug-likeness (QED) is 0.806. The lowest BCUT2D eigenvalue weighted by atomic mass is 9.95. The minimum atomic E-state index is 0.290. The average Bonchev–Trinajstić information content (AvgIpc) is 2.34. The van der Waals surface area contributed by atoms with Crippen LogP contribution in [-0.2, 0) is 0 Å². The van der Waals surface area contributed by atoms with Gasteiger partial charge in [0.2, 0.25) is 0 Å². The van der Waals surface area contributed by atoms with Gasteiger partial charge >= 0.3 is 0 Å². The lowest BCUT2D eigenvalue weighted by Crippen LogP contribution is -2.26. The van der Waals surface area contributed by atoms with E-state index in [1.807, 2.05) is 19.1 Å². The van der Waals surface area contributed by atoms with Crippen LogP contribution in [0.4, 0.5) is 0 Å². The van der Waals surface area contributed by atoms with Crippen molar-refractivity contribution in [1.82, 2.24) is 5.32 Å². The second-order valence-electron chi connectivity index (χ2n) is 4.33. The number of methoxy groups -OCH3 is 1. The van der Waals surface area contributed by atoms with Gasteiger partial charge in [0, 0.05) is 17.2 Å². The summed E-state index contributed by atoms with van der Waals surface area (Å²) in [6, 6.07) is 4.18. The van der Waals surface area contributed by atoms with Gasteiger partial charge in [0.05, 0.1) is 7.11 Å². The summed E-state index contributed by atoms with van der Waals surface area (Å²) in [4.78, 5) is 0. The highest BCUT2D eigenvalue weighted by Gasteiger charge is 2.19. The summed E-state index contributed by atoms with van der Waals surface area (Å²) in [6.07, 6.45) is 3.55. The van der Waals surface area contributed by atoms with Crippen LogP contribution in [0.15, 0.2) is 12.1 Å². The van der Waals surface area contributed by atoms with E-state index in [9.17, 15) is 5.11 Å². The molecule has 1 unspecified atom stereocenters. The standard InChI is InChI=1S/C13H19NO2/c1-9-12(16-2)7-6-10(13(9)15)11-5-3-4-8-14-11/h6-7,11,14-15H,3-5,8H2,1-2H3. The largest absolute Gasteiger partial charge is 0.507 e. The van der Waals surface area contributed by atoms with E-state index in [0.29, 0.717) is 11.8 Å². The Balaban J connectivity index is 2.30. The fourth-order valence-electron chi connectivity index (χ4n) is 2.32. The van der Waals surface area contributed by atoms with Crippen molar-refractivity contribution in [3.05, 3.63) is 23.3 Å². The van der Waals surface area contributed by atoms with E-state index >= 15 is 0 Å². The molecule has 2 N–H and O–H groups in total. The number of phenolic OH excluding ortho intramolecular Hbond substituents is 1. The first-order valence-corrected chi connectivity index (χ1v) is 5.84. The molecule has 3 heteroatoms. The summed E-state index contributed by atoms with van der Waals surface area (Å²) >= 11 is 0. The van der Waals surface area contributed by atoms with Gasteiger partial charge in [0.1, 0.15) is 11.5 Å². The number of benzene rings is 1. The van der Waals surface area contributed by atoms with Crippen molar-refractivity contribution in [1.29, 1.82) is 0 Å². The molecule has 1 atom stereocenters. The second kappa shape index (κ2) is 4.74. The number of hydrogen-bond acceptors (Lipinski definition) is 3. The summed E-state index contributed by atoms with van der Waals surface area (Å²) in [5.41, 5.74) is 1.82. The van der Waals surface area contributed by atoms with Gasteiger partial charge in [-0.3, -0.25) is 0 Å². The Morgan fingerprint density at radius 3 is 2.81 bits per heavy atom. The van der Waals surface area contributed by atoms with Gasteiger partial charge in [-0.05, 0) is 32.4 Å². The van der Waals surface area contributed by atoms with Crippen molar-refractivity contribution in [2.75, 3.05) is 13.7 Å². The molecule has 2 rings (SSSR count). The first-order valence-electron chi connectivity index (χ1n) is 5.84. The Kier molecular flexibility index (Phi) is 3.34. The maximum absolute atomic E-state index is 10.1. The molecule has 1 fully saturated rings. The zero-order valence-electron chi connectivity index (χ0n) is 9.92. The van der Waals surface area contributed by atoms with Gasteiger partial charge in [-0.25, -0.2) is 0 Å². The maximum atomic E-state index is 10.1. The molecule has 0 aliphatic carbocycles. The number of piperidine rings is 1. The van der Waals surface area contributed by atoms with Crippen LogP contribution in [0.2, 0.25) is 0 Å². The van der Waals surface area contributed by atoms with Crippen LogP contribution in [0.5, 0.6) is 11.5 Å². The van der Waals surface area contributed by atoms with Crippen LogP contribution in [0.25, 0.3) is 0 Å². The van der Waals surface area contributed by atoms with Crippen molar-refractivity contribution < 1.29 is 9.84 Å². The molecule has 0 saturated carbocycles. The Morgan fingerprint density at radius 1 is 1.38 bits per heavy atom. The van der Waals surface area contributed by atoms with Gasteiger partial charge in [0.25, 0.3) is 0 Å². The van der Waals surface area contributed by atoms with Crippen molar-refractivity contribution >= 4 is 0 Å². The summed E-state index contributed by atoms with van der Waals surface area (Å²) in [5, 5.41) is 13.6. The van der Waals surface area contributed by atoms with E-state index in [-0.39, 0.29) is 0 Å². The second-order valence-corrected chi connectivity index (χ2v) is 4.33.